The summed E-state index contributed by atoms with van der Waals surface area (Å²) in [4.78, 5) is 43.4. The highest BCUT2D eigenvalue weighted by molar-refractivity contribution is 8.15. The molecular formula is C21H20N7O9PS2. The molecule has 2 aliphatic heterocycles. The van der Waals surface area contributed by atoms with Gasteiger partial charge in [-0.05, 0) is 18.2 Å². The van der Waals surface area contributed by atoms with Crippen LogP contribution in [0.2, 0.25) is 0 Å². The van der Waals surface area contributed by atoms with Crippen LogP contribution in [-0.4, -0.2) is 92.4 Å². The molecule has 4 aromatic rings. The Morgan fingerprint density at radius 3 is 2.90 bits per heavy atom. The third kappa shape index (κ3) is 5.04. The van der Waals surface area contributed by atoms with Gasteiger partial charge in [0.2, 0.25) is 0 Å². The summed E-state index contributed by atoms with van der Waals surface area (Å²) in [5.41, 5.74) is 6.93. The molecule has 1 fully saturated rings. The number of fused-ring (bicyclic) bond motifs is 2. The number of aromatic hydroxyl groups is 1. The molecule has 2 aliphatic rings. The van der Waals surface area contributed by atoms with E-state index in [-0.39, 0.29) is 28.5 Å². The fraction of sp³-hybridized carbons (Fsp3) is 0.333. The number of anilines is 1. The van der Waals surface area contributed by atoms with Crippen LogP contribution in [0.4, 0.5) is 5.82 Å². The maximum Gasteiger partial charge on any atom is 0.529 e. The van der Waals surface area contributed by atoms with Gasteiger partial charge in [0.05, 0.1) is 23.2 Å². The Bertz CT molecular complexity index is 1700. The summed E-state index contributed by atoms with van der Waals surface area (Å²) in [7, 11) is -4.94. The number of carbonyl (C=O) groups excluding carboxylic acids is 1. The van der Waals surface area contributed by atoms with Gasteiger partial charge in [-0.1, -0.05) is 0 Å². The lowest BCUT2D eigenvalue weighted by atomic mass is 10.1. The van der Waals surface area contributed by atoms with Gasteiger partial charge in [0.1, 0.15) is 46.0 Å². The highest BCUT2D eigenvalue weighted by Gasteiger charge is 2.46. The number of benzene rings is 1. The van der Waals surface area contributed by atoms with Gasteiger partial charge in [-0.25, -0.2) is 29.3 Å². The monoisotopic (exact) mass is 609 g/mol. The van der Waals surface area contributed by atoms with Crippen molar-refractivity contribution >= 4 is 69.1 Å². The maximum atomic E-state index is 12.6. The Hall–Kier alpha value is -3.22. The predicted octanol–water partition coefficient (Wildman–Crippen LogP) is 0.565. The van der Waals surface area contributed by atoms with Crippen LogP contribution in [0.15, 0.2) is 35.8 Å². The van der Waals surface area contributed by atoms with Gasteiger partial charge in [-0.15, -0.1) is 23.1 Å². The number of rotatable bonds is 7. The SMILES string of the molecule is Nc1ncnc2c1ncn2[C@@H]1OC(COP(=O)(O)OC(=O)C2CSC(c3nc4ccc(O)cc4s3)=N2)[C@@H](O)[C@H]1O. The normalized spacial score (nSPS) is 26.3. The van der Waals surface area contributed by atoms with Crippen molar-refractivity contribution in [2.75, 3.05) is 18.1 Å². The molecular weight excluding hydrogens is 589 g/mol. The summed E-state index contributed by atoms with van der Waals surface area (Å²) < 4.78 is 29.8. The first kappa shape index (κ1) is 27.0. The summed E-state index contributed by atoms with van der Waals surface area (Å²) in [5.74, 6) is -0.725. The van der Waals surface area contributed by atoms with E-state index in [0.29, 0.717) is 15.6 Å². The number of phenols is 1. The number of nitrogens with two attached hydrogens (primary N) is 1. The minimum Gasteiger partial charge on any atom is -0.508 e. The van der Waals surface area contributed by atoms with Crippen molar-refractivity contribution in [2.24, 2.45) is 4.99 Å². The Morgan fingerprint density at radius 2 is 2.08 bits per heavy atom. The molecule has 6 N–H and O–H groups in total. The summed E-state index contributed by atoms with van der Waals surface area (Å²) >= 11 is 2.51. The number of thiazole rings is 1. The van der Waals surface area contributed by atoms with Gasteiger partial charge < -0.3 is 30.3 Å². The van der Waals surface area contributed by atoms with E-state index in [9.17, 15) is 29.6 Å². The second kappa shape index (κ2) is 10.3. The molecule has 19 heteroatoms. The third-order valence-corrected chi connectivity index (χ3v) is 9.18. The van der Waals surface area contributed by atoms with Crippen LogP contribution in [0.3, 0.4) is 0 Å². The molecule has 16 nitrogen and oxygen atoms in total. The molecule has 5 heterocycles. The number of nitrogen functional groups attached to an aromatic ring is 1. The number of nitrogens with zero attached hydrogens (tertiary/aromatic N) is 6. The molecule has 210 valence electrons. The van der Waals surface area contributed by atoms with Gasteiger partial charge >= 0.3 is 13.8 Å². The van der Waals surface area contributed by atoms with Gasteiger partial charge in [0, 0.05) is 5.75 Å². The minimum absolute atomic E-state index is 0.0967. The lowest BCUT2D eigenvalue weighted by molar-refractivity contribution is -0.137. The fourth-order valence-electron chi connectivity index (χ4n) is 4.14. The number of ether oxygens (including phenoxy) is 1. The standard InChI is InChI=1S/C21H20N7O9PS2/c22-16-13-17(24-6-23-16)28(7-25-13)20-15(31)14(30)11(36-20)4-35-38(33,34)37-21(32)10-5-39-18(27-10)19-26-9-2-1-8(29)3-12(9)40-19/h1-3,6-7,10-11,14-15,20,29-31H,4-5H2,(H,33,34)(H2,22,23,24)/t10?,11?,14-,15-,20-/m1/s1. The average Bonchev–Trinajstić information content (AvgIpc) is 3.69. The Labute approximate surface area is 232 Å². The van der Waals surface area contributed by atoms with Crippen LogP contribution < -0.4 is 5.73 Å². The Balaban J connectivity index is 1.08. The lowest BCUT2D eigenvalue weighted by Crippen LogP contribution is -2.33. The molecule has 40 heavy (non-hydrogen) atoms. The second-order valence-corrected chi connectivity index (χ2v) is 12.2. The van der Waals surface area contributed by atoms with Gasteiger partial charge in [0.25, 0.3) is 0 Å². The fourth-order valence-corrected chi connectivity index (χ4v) is 6.96. The van der Waals surface area contributed by atoms with E-state index in [4.69, 9.17) is 19.5 Å². The first-order chi connectivity index (χ1) is 19.1. The van der Waals surface area contributed by atoms with Gasteiger partial charge in [0.15, 0.2) is 23.7 Å². The Kier molecular flexibility index (Phi) is 6.96. The number of hydrogen-bond donors (Lipinski definition) is 5. The summed E-state index contributed by atoms with van der Waals surface area (Å²) in [6.45, 7) is -0.688. The van der Waals surface area contributed by atoms with Crippen molar-refractivity contribution < 1.29 is 43.4 Å². The molecule has 3 unspecified atom stereocenters. The summed E-state index contributed by atoms with van der Waals surface area (Å²) in [6, 6.07) is 3.66. The summed E-state index contributed by atoms with van der Waals surface area (Å²) in [5, 5.41) is 31.6. The number of thioether (sulfide) groups is 1. The van der Waals surface area contributed by atoms with E-state index in [1.165, 1.54) is 46.4 Å². The molecule has 6 atom stereocenters. The lowest BCUT2D eigenvalue weighted by Gasteiger charge is -2.18. The van der Waals surface area contributed by atoms with E-state index in [1.807, 2.05) is 0 Å². The molecule has 0 amide bonds. The van der Waals surface area contributed by atoms with Crippen LogP contribution >= 0.6 is 30.9 Å². The number of phenolic OH excluding ortho intramolecular Hbond substituents is 1. The van der Waals surface area contributed by atoms with Gasteiger partial charge in [-0.3, -0.25) is 19.0 Å². The van der Waals surface area contributed by atoms with Crippen LogP contribution in [0.25, 0.3) is 21.4 Å². The molecule has 6 rings (SSSR count). The van der Waals surface area contributed by atoms with Crippen LogP contribution in [0, 0.1) is 0 Å². The number of aliphatic hydroxyl groups excluding tert-OH is 2. The van der Waals surface area contributed by atoms with Crippen LogP contribution in [-0.2, 0) is 23.1 Å². The molecule has 1 saturated heterocycles. The smallest absolute Gasteiger partial charge is 0.508 e. The number of aliphatic imine (C=N–C) groups is 1. The van der Waals surface area contributed by atoms with E-state index >= 15 is 0 Å². The molecule has 0 bridgehead atoms. The van der Waals surface area contributed by atoms with Crippen molar-refractivity contribution in [3.63, 3.8) is 0 Å². The predicted molar refractivity (Wildman–Crippen MR) is 142 cm³/mol. The van der Waals surface area contributed by atoms with Crippen molar-refractivity contribution in [3.05, 3.63) is 35.9 Å². The first-order valence-corrected chi connectivity index (χ1v) is 14.9. The zero-order valence-corrected chi connectivity index (χ0v) is 22.6. The molecule has 0 spiro atoms. The van der Waals surface area contributed by atoms with Crippen molar-refractivity contribution in [1.29, 1.82) is 0 Å². The number of phosphoric acid groups is 1. The molecule has 3 aromatic heterocycles. The number of aliphatic hydroxyl groups is 2. The number of phosphoric ester groups is 1. The quantitative estimate of drug-likeness (QED) is 0.180. The van der Waals surface area contributed by atoms with Crippen molar-refractivity contribution in [1.82, 2.24) is 24.5 Å². The van der Waals surface area contributed by atoms with E-state index in [1.54, 1.807) is 12.1 Å². The van der Waals surface area contributed by atoms with Gasteiger partial charge in [-0.2, -0.15) is 0 Å². The number of imidazole rings is 1. The second-order valence-electron chi connectivity index (χ2n) is 8.74. The van der Waals surface area contributed by atoms with Crippen molar-refractivity contribution in [3.8, 4) is 5.75 Å². The zero-order valence-electron chi connectivity index (χ0n) is 20.0. The molecule has 0 saturated carbocycles. The number of aromatic nitrogens is 5. The molecule has 0 aliphatic carbocycles. The summed E-state index contributed by atoms with van der Waals surface area (Å²) in [6.07, 6.45) is -2.93. The molecule has 0 radical (unpaired) electrons. The first-order valence-electron chi connectivity index (χ1n) is 11.6. The van der Waals surface area contributed by atoms with Crippen LogP contribution in [0.5, 0.6) is 5.75 Å². The van der Waals surface area contributed by atoms with Crippen molar-refractivity contribution in [2.45, 2.75) is 30.6 Å². The molecule has 1 aromatic carbocycles. The van der Waals surface area contributed by atoms with E-state index in [0.717, 1.165) is 4.70 Å². The zero-order chi connectivity index (χ0) is 28.2. The maximum absolute atomic E-state index is 12.6. The largest absolute Gasteiger partial charge is 0.529 e. The topological polar surface area (TPSA) is 238 Å². The Morgan fingerprint density at radius 1 is 1.25 bits per heavy atom. The average molecular weight is 610 g/mol. The third-order valence-electron chi connectivity index (χ3n) is 6.08. The number of carbonyl (C=O) groups is 1. The minimum atomic E-state index is -4.94. The number of hydrogen-bond acceptors (Lipinski definition) is 16. The van der Waals surface area contributed by atoms with Crippen LogP contribution in [0.1, 0.15) is 11.2 Å². The van der Waals surface area contributed by atoms with E-state index < -0.39 is 51.0 Å². The van der Waals surface area contributed by atoms with E-state index in [2.05, 4.69) is 24.9 Å². The highest BCUT2D eigenvalue weighted by Crippen LogP contribution is 2.45. The highest BCUT2D eigenvalue weighted by atomic mass is 32.2.